The smallest absolute Gasteiger partial charge is 0.422 e. The van der Waals surface area contributed by atoms with Crippen LogP contribution in [0.15, 0.2) is 35.0 Å². The normalized spacial score (nSPS) is 11.5. The molecule has 0 aliphatic carbocycles. The van der Waals surface area contributed by atoms with Crippen molar-refractivity contribution in [2.24, 2.45) is 0 Å². The van der Waals surface area contributed by atoms with Gasteiger partial charge in [-0.3, -0.25) is 0 Å². The van der Waals surface area contributed by atoms with Crippen molar-refractivity contribution in [1.29, 1.82) is 0 Å². The van der Waals surface area contributed by atoms with E-state index in [1.54, 1.807) is 25.4 Å². The Balaban J connectivity index is 1.91. The van der Waals surface area contributed by atoms with Crippen LogP contribution in [0.25, 0.3) is 22.8 Å². The van der Waals surface area contributed by atoms with Crippen molar-refractivity contribution in [2.45, 2.75) is 6.18 Å². The molecule has 0 unspecified atom stereocenters. The summed E-state index contributed by atoms with van der Waals surface area (Å²) in [6, 6.07) is 4.78. The van der Waals surface area contributed by atoms with Crippen LogP contribution in [0, 0.1) is 11.6 Å². The number of pyridine rings is 1. The number of nitrogens with one attached hydrogen (secondary N) is 1. The molecular formula is C16H11F5N4O2. The van der Waals surface area contributed by atoms with Gasteiger partial charge in [0, 0.05) is 18.8 Å². The number of halogens is 5. The summed E-state index contributed by atoms with van der Waals surface area (Å²) >= 11 is 0. The molecule has 3 rings (SSSR count). The summed E-state index contributed by atoms with van der Waals surface area (Å²) < 4.78 is 73.6. The molecule has 2 aromatic heterocycles. The Bertz CT molecular complexity index is 935. The van der Waals surface area contributed by atoms with Crippen molar-refractivity contribution in [3.8, 4) is 28.6 Å². The van der Waals surface area contributed by atoms with Gasteiger partial charge >= 0.3 is 6.18 Å². The van der Waals surface area contributed by atoms with Crippen LogP contribution in [0.3, 0.4) is 0 Å². The Morgan fingerprint density at radius 1 is 1.19 bits per heavy atom. The molecule has 0 fully saturated rings. The van der Waals surface area contributed by atoms with Crippen molar-refractivity contribution < 1.29 is 31.2 Å². The summed E-state index contributed by atoms with van der Waals surface area (Å²) in [6.45, 7) is -1.82. The first kappa shape index (κ1) is 18.5. The monoisotopic (exact) mass is 386 g/mol. The number of alkyl halides is 3. The molecule has 0 spiro atoms. The first-order valence-corrected chi connectivity index (χ1v) is 7.44. The van der Waals surface area contributed by atoms with Crippen molar-refractivity contribution in [3.63, 3.8) is 0 Å². The molecule has 0 saturated carbocycles. The van der Waals surface area contributed by atoms with Gasteiger partial charge in [0.05, 0.1) is 5.56 Å². The summed E-state index contributed by atoms with van der Waals surface area (Å²) in [5, 5.41) is 6.56. The largest absolute Gasteiger partial charge is 0.478 e. The van der Waals surface area contributed by atoms with E-state index in [1.807, 2.05) is 0 Å². The predicted octanol–water partition coefficient (Wildman–Crippen LogP) is 4.06. The molecule has 0 aliphatic rings. The highest BCUT2D eigenvalue weighted by atomic mass is 19.4. The number of hydrogen-bond acceptors (Lipinski definition) is 6. The van der Waals surface area contributed by atoms with Gasteiger partial charge in [-0.2, -0.15) is 18.2 Å². The molecule has 1 aromatic carbocycles. The molecule has 3 aromatic rings. The van der Waals surface area contributed by atoms with E-state index in [2.05, 4.69) is 25.2 Å². The zero-order valence-corrected chi connectivity index (χ0v) is 13.6. The minimum atomic E-state index is -4.73. The minimum Gasteiger partial charge on any atom is -0.478 e. The van der Waals surface area contributed by atoms with Crippen LogP contribution in [0.1, 0.15) is 0 Å². The summed E-state index contributed by atoms with van der Waals surface area (Å²) in [4.78, 5) is 8.12. The molecule has 0 atom stereocenters. The Morgan fingerprint density at radius 2 is 1.89 bits per heavy atom. The molecule has 1 N–H and O–H groups in total. The fourth-order valence-electron chi connectivity index (χ4n) is 2.21. The highest BCUT2D eigenvalue weighted by molar-refractivity contribution is 5.70. The summed E-state index contributed by atoms with van der Waals surface area (Å²) in [5.41, 5.74) is 0.332. The second kappa shape index (κ2) is 7.17. The molecule has 142 valence electrons. The molecule has 0 amide bonds. The molecule has 0 bridgehead atoms. The number of aromatic nitrogens is 3. The van der Waals surface area contributed by atoms with Crippen LogP contribution in [0.4, 0.5) is 27.8 Å². The van der Waals surface area contributed by atoms with E-state index in [1.165, 1.54) is 0 Å². The Morgan fingerprint density at radius 3 is 2.52 bits per heavy atom. The maximum Gasteiger partial charge on any atom is 0.422 e. The second-order valence-electron chi connectivity index (χ2n) is 5.25. The van der Waals surface area contributed by atoms with Crippen molar-refractivity contribution in [3.05, 3.63) is 42.1 Å². The quantitative estimate of drug-likeness (QED) is 0.667. The van der Waals surface area contributed by atoms with Crippen LogP contribution >= 0.6 is 0 Å². The average Bonchev–Trinajstić information content (AvgIpc) is 3.09. The zero-order chi connectivity index (χ0) is 19.6. The molecule has 0 saturated heterocycles. The standard InChI is InChI=1S/C16H11F5N4O2/c1-22-13-9(3-2-4-23-13)14-24-15(27-25-14)8-5-10(17)12(11(18)6-8)26-7-16(19,20)21/h2-6H,7H2,1H3,(H,22,23). The predicted molar refractivity (Wildman–Crippen MR) is 84.0 cm³/mol. The fourth-order valence-corrected chi connectivity index (χ4v) is 2.21. The van der Waals surface area contributed by atoms with Crippen LogP contribution < -0.4 is 10.1 Å². The lowest BCUT2D eigenvalue weighted by Gasteiger charge is -2.11. The molecular weight excluding hydrogens is 375 g/mol. The van der Waals surface area contributed by atoms with Gasteiger partial charge in [0.25, 0.3) is 5.89 Å². The van der Waals surface area contributed by atoms with Gasteiger partial charge in [-0.15, -0.1) is 0 Å². The lowest BCUT2D eigenvalue weighted by Crippen LogP contribution is -2.20. The number of rotatable bonds is 5. The van der Waals surface area contributed by atoms with Crippen molar-refractivity contribution >= 4 is 5.82 Å². The minimum absolute atomic E-state index is 0.112. The maximum atomic E-state index is 14.0. The number of ether oxygens (including phenoxy) is 1. The molecule has 0 radical (unpaired) electrons. The topological polar surface area (TPSA) is 73.1 Å². The van der Waals surface area contributed by atoms with Gasteiger partial charge in [-0.05, 0) is 24.3 Å². The zero-order valence-electron chi connectivity index (χ0n) is 13.6. The van der Waals surface area contributed by atoms with Crippen LogP contribution in [-0.2, 0) is 0 Å². The summed E-state index contributed by atoms with van der Waals surface area (Å²) in [6.07, 6.45) is -3.19. The Kier molecular flexibility index (Phi) is 4.93. The van der Waals surface area contributed by atoms with E-state index in [0.29, 0.717) is 11.4 Å². The third-order valence-corrected chi connectivity index (χ3v) is 3.34. The van der Waals surface area contributed by atoms with Gasteiger partial charge in [-0.1, -0.05) is 5.16 Å². The number of nitrogens with zero attached hydrogens (tertiary/aromatic N) is 3. The van der Waals surface area contributed by atoms with Crippen LogP contribution in [0.2, 0.25) is 0 Å². The van der Waals surface area contributed by atoms with E-state index in [0.717, 1.165) is 12.1 Å². The third kappa shape index (κ3) is 4.13. The Labute approximate surface area is 149 Å². The fraction of sp³-hybridized carbons (Fsp3) is 0.188. The van der Waals surface area contributed by atoms with Gasteiger partial charge in [0.1, 0.15) is 5.82 Å². The molecule has 2 heterocycles. The van der Waals surface area contributed by atoms with E-state index >= 15 is 0 Å². The highest BCUT2D eigenvalue weighted by Crippen LogP contribution is 2.31. The molecule has 0 aliphatic heterocycles. The van der Waals surface area contributed by atoms with Gasteiger partial charge in [0.2, 0.25) is 5.82 Å². The van der Waals surface area contributed by atoms with Crippen LogP contribution in [0.5, 0.6) is 5.75 Å². The van der Waals surface area contributed by atoms with Crippen molar-refractivity contribution in [2.75, 3.05) is 19.0 Å². The third-order valence-electron chi connectivity index (χ3n) is 3.34. The summed E-state index contributed by atoms with van der Waals surface area (Å²) in [7, 11) is 1.64. The van der Waals surface area contributed by atoms with E-state index in [9.17, 15) is 22.0 Å². The number of hydrogen-bond donors (Lipinski definition) is 1. The first-order chi connectivity index (χ1) is 12.8. The SMILES string of the molecule is CNc1ncccc1-c1noc(-c2cc(F)c(OCC(F)(F)F)c(F)c2)n1. The van der Waals surface area contributed by atoms with Crippen LogP contribution in [-0.4, -0.2) is 35.0 Å². The highest BCUT2D eigenvalue weighted by Gasteiger charge is 2.30. The van der Waals surface area contributed by atoms with Gasteiger partial charge in [0.15, 0.2) is 24.0 Å². The molecule has 6 nitrogen and oxygen atoms in total. The van der Waals surface area contributed by atoms with Gasteiger partial charge in [-0.25, -0.2) is 13.8 Å². The first-order valence-electron chi connectivity index (χ1n) is 7.44. The number of anilines is 1. The lowest BCUT2D eigenvalue weighted by atomic mass is 10.2. The average molecular weight is 386 g/mol. The van der Waals surface area contributed by atoms with Crippen molar-refractivity contribution in [1.82, 2.24) is 15.1 Å². The molecule has 11 heteroatoms. The summed E-state index contributed by atoms with van der Waals surface area (Å²) in [5.74, 6) is -3.45. The second-order valence-corrected chi connectivity index (χ2v) is 5.25. The van der Waals surface area contributed by atoms with E-state index in [-0.39, 0.29) is 17.3 Å². The van der Waals surface area contributed by atoms with Gasteiger partial charge < -0.3 is 14.6 Å². The molecule has 27 heavy (non-hydrogen) atoms. The maximum absolute atomic E-state index is 14.0. The van der Waals surface area contributed by atoms with E-state index < -0.39 is 30.2 Å². The van der Waals surface area contributed by atoms with E-state index in [4.69, 9.17) is 4.52 Å². The number of benzene rings is 1. The lowest BCUT2D eigenvalue weighted by molar-refractivity contribution is -0.154. The Hall–Kier alpha value is -3.24.